The maximum absolute atomic E-state index is 14.7. The molecule has 0 radical (unpaired) electrons. The first-order valence-corrected chi connectivity index (χ1v) is 14.6. The summed E-state index contributed by atoms with van der Waals surface area (Å²) in [5.74, 6) is -2.20. The second kappa shape index (κ2) is 13.3. The van der Waals surface area contributed by atoms with E-state index in [4.69, 9.17) is 11.6 Å². The number of alkyl halides is 3. The smallest absolute Gasteiger partial charge is 0.355 e. The Morgan fingerprint density at radius 2 is 1.63 bits per heavy atom. The van der Waals surface area contributed by atoms with E-state index in [-0.39, 0.29) is 23.6 Å². The van der Waals surface area contributed by atoms with Gasteiger partial charge in [0.2, 0.25) is 21.8 Å². The molecule has 0 fully saturated rings. The highest BCUT2D eigenvalue weighted by molar-refractivity contribution is 7.92. The SMILES string of the molecule is CCNC(=O)[C@@H](Cc1ccccc1)N(Cc1ccccc1F)C(=O)CN(c1cc(C(F)(F)F)ccc1Cl)S(C)(=O)=O. The fourth-order valence-electron chi connectivity index (χ4n) is 4.13. The van der Waals surface area contributed by atoms with Gasteiger partial charge in [0.05, 0.1) is 22.5 Å². The molecule has 0 aliphatic rings. The van der Waals surface area contributed by atoms with Crippen molar-refractivity contribution in [1.82, 2.24) is 10.2 Å². The van der Waals surface area contributed by atoms with Crippen LogP contribution >= 0.6 is 11.6 Å². The normalized spacial score (nSPS) is 12.5. The lowest BCUT2D eigenvalue weighted by molar-refractivity contribution is -0.140. The van der Waals surface area contributed by atoms with Crippen LogP contribution in [0.2, 0.25) is 5.02 Å². The van der Waals surface area contributed by atoms with Gasteiger partial charge in [-0.25, -0.2) is 12.8 Å². The van der Waals surface area contributed by atoms with Crippen LogP contribution in [0, 0.1) is 5.82 Å². The molecule has 0 spiro atoms. The summed E-state index contributed by atoms with van der Waals surface area (Å²) in [6, 6.07) is 15.1. The van der Waals surface area contributed by atoms with Crippen LogP contribution in [0.4, 0.5) is 23.2 Å². The Morgan fingerprint density at radius 3 is 2.22 bits per heavy atom. The number of sulfonamides is 1. The molecule has 0 aliphatic carbocycles. The number of amides is 2. The van der Waals surface area contributed by atoms with Gasteiger partial charge in [-0.1, -0.05) is 60.1 Å². The molecule has 0 unspecified atom stereocenters. The largest absolute Gasteiger partial charge is 0.416 e. The Morgan fingerprint density at radius 1 is 1.00 bits per heavy atom. The predicted octanol–water partition coefficient (Wildman–Crippen LogP) is 5.04. The van der Waals surface area contributed by atoms with Gasteiger partial charge in [0.15, 0.2) is 0 Å². The van der Waals surface area contributed by atoms with Crippen LogP contribution in [-0.2, 0) is 38.8 Å². The van der Waals surface area contributed by atoms with Crippen LogP contribution in [0.3, 0.4) is 0 Å². The van der Waals surface area contributed by atoms with Crippen molar-refractivity contribution in [1.29, 1.82) is 0 Å². The number of anilines is 1. The molecular weight excluding hydrogens is 586 g/mol. The minimum absolute atomic E-state index is 0.00391. The molecule has 7 nitrogen and oxygen atoms in total. The van der Waals surface area contributed by atoms with E-state index < -0.39 is 64.2 Å². The van der Waals surface area contributed by atoms with Crippen LogP contribution in [-0.4, -0.2) is 50.5 Å². The van der Waals surface area contributed by atoms with Crippen molar-refractivity contribution in [2.75, 3.05) is 23.7 Å². The van der Waals surface area contributed by atoms with Crippen molar-refractivity contribution in [2.24, 2.45) is 0 Å². The molecule has 0 saturated heterocycles. The summed E-state index contributed by atoms with van der Waals surface area (Å²) in [6.45, 7) is 0.454. The summed E-state index contributed by atoms with van der Waals surface area (Å²) in [7, 11) is -4.37. The van der Waals surface area contributed by atoms with E-state index in [0.717, 1.165) is 11.0 Å². The molecule has 1 atom stereocenters. The summed E-state index contributed by atoms with van der Waals surface area (Å²) >= 11 is 6.11. The molecule has 0 saturated carbocycles. The Balaban J connectivity index is 2.11. The molecule has 0 aromatic heterocycles. The fourth-order valence-corrected chi connectivity index (χ4v) is 5.25. The maximum Gasteiger partial charge on any atom is 0.416 e. The summed E-state index contributed by atoms with van der Waals surface area (Å²) in [4.78, 5) is 28.2. The monoisotopic (exact) mass is 613 g/mol. The molecule has 220 valence electrons. The minimum Gasteiger partial charge on any atom is -0.355 e. The van der Waals surface area contributed by atoms with Gasteiger partial charge in [0, 0.05) is 25.1 Å². The average Bonchev–Trinajstić information content (AvgIpc) is 2.90. The number of carbonyl (C=O) groups excluding carboxylic acids is 2. The third-order valence-corrected chi connectivity index (χ3v) is 7.59. The second-order valence-corrected chi connectivity index (χ2v) is 11.5. The van der Waals surface area contributed by atoms with E-state index in [1.54, 1.807) is 37.3 Å². The van der Waals surface area contributed by atoms with Gasteiger partial charge < -0.3 is 10.2 Å². The number of hydrogen-bond donors (Lipinski definition) is 1. The van der Waals surface area contributed by atoms with Crippen LogP contribution in [0.25, 0.3) is 0 Å². The van der Waals surface area contributed by atoms with Gasteiger partial charge in [-0.15, -0.1) is 0 Å². The molecule has 41 heavy (non-hydrogen) atoms. The quantitative estimate of drug-likeness (QED) is 0.307. The lowest BCUT2D eigenvalue weighted by atomic mass is 10.0. The Kier molecular flexibility index (Phi) is 10.4. The Labute approximate surface area is 240 Å². The van der Waals surface area contributed by atoms with Gasteiger partial charge in [0.1, 0.15) is 18.4 Å². The molecule has 13 heteroatoms. The van der Waals surface area contributed by atoms with Crippen molar-refractivity contribution < 1.29 is 35.6 Å². The highest BCUT2D eigenvalue weighted by Gasteiger charge is 2.36. The first kappa shape index (κ1) is 31.9. The van der Waals surface area contributed by atoms with E-state index in [2.05, 4.69) is 5.32 Å². The van der Waals surface area contributed by atoms with Gasteiger partial charge in [-0.05, 0) is 36.8 Å². The molecule has 3 aromatic carbocycles. The van der Waals surface area contributed by atoms with E-state index in [1.165, 1.54) is 24.3 Å². The average molecular weight is 614 g/mol. The number of carbonyl (C=O) groups is 2. The molecule has 0 heterocycles. The molecular formula is C28H28ClF4N3O4S. The zero-order chi connectivity index (χ0) is 30.4. The minimum atomic E-state index is -4.82. The molecule has 2 amide bonds. The van der Waals surface area contributed by atoms with Crippen molar-refractivity contribution >= 4 is 39.1 Å². The first-order valence-electron chi connectivity index (χ1n) is 12.4. The topological polar surface area (TPSA) is 86.8 Å². The van der Waals surface area contributed by atoms with E-state index >= 15 is 0 Å². The predicted molar refractivity (Wildman–Crippen MR) is 148 cm³/mol. The number of rotatable bonds is 11. The maximum atomic E-state index is 14.7. The third-order valence-electron chi connectivity index (χ3n) is 6.14. The highest BCUT2D eigenvalue weighted by atomic mass is 35.5. The van der Waals surface area contributed by atoms with E-state index in [9.17, 15) is 35.6 Å². The van der Waals surface area contributed by atoms with Gasteiger partial charge >= 0.3 is 6.18 Å². The van der Waals surface area contributed by atoms with E-state index in [0.29, 0.717) is 28.3 Å². The summed E-state index contributed by atoms with van der Waals surface area (Å²) in [5.41, 5.74) is -1.03. The van der Waals surface area contributed by atoms with Crippen molar-refractivity contribution in [2.45, 2.75) is 32.1 Å². The number of hydrogen-bond acceptors (Lipinski definition) is 4. The van der Waals surface area contributed by atoms with Crippen molar-refractivity contribution in [3.8, 4) is 0 Å². The second-order valence-electron chi connectivity index (χ2n) is 9.15. The lowest BCUT2D eigenvalue weighted by Gasteiger charge is -2.33. The first-order chi connectivity index (χ1) is 19.2. The summed E-state index contributed by atoms with van der Waals surface area (Å²) in [6.07, 6.45) is -4.11. The summed E-state index contributed by atoms with van der Waals surface area (Å²) < 4.78 is 81.0. The standard InChI is InChI=1S/C28H28ClF4N3O4S/c1-3-34-27(38)25(15-19-9-5-4-6-10-19)35(17-20-11-7-8-12-23(20)30)26(37)18-36(41(2,39)40)24-16-21(28(31,32)33)13-14-22(24)29/h4-14,16,25H,3,15,17-18H2,1-2H3,(H,34,38)/t25-/m1/s1. The Hall–Kier alpha value is -3.64. The van der Waals surface area contributed by atoms with Gasteiger partial charge in [-0.3, -0.25) is 13.9 Å². The van der Waals surface area contributed by atoms with E-state index in [1.807, 2.05) is 0 Å². The zero-order valence-corrected chi connectivity index (χ0v) is 23.7. The van der Waals surface area contributed by atoms with Gasteiger partial charge in [-0.2, -0.15) is 13.2 Å². The molecule has 3 aromatic rings. The molecule has 0 bridgehead atoms. The highest BCUT2D eigenvalue weighted by Crippen LogP contribution is 2.36. The van der Waals surface area contributed by atoms with Crippen LogP contribution < -0.4 is 9.62 Å². The third kappa shape index (κ3) is 8.43. The van der Waals surface area contributed by atoms with Crippen molar-refractivity contribution in [3.05, 3.63) is 100 Å². The number of benzene rings is 3. The summed E-state index contributed by atoms with van der Waals surface area (Å²) in [5, 5.41) is 2.30. The van der Waals surface area contributed by atoms with Gasteiger partial charge in [0.25, 0.3) is 0 Å². The van der Waals surface area contributed by atoms with Crippen LogP contribution in [0.5, 0.6) is 0 Å². The number of nitrogens with one attached hydrogen (secondary N) is 1. The molecule has 0 aliphatic heterocycles. The number of likely N-dealkylation sites (N-methyl/N-ethyl adjacent to an activating group) is 1. The fraction of sp³-hybridized carbons (Fsp3) is 0.286. The van der Waals surface area contributed by atoms with Crippen LogP contribution in [0.15, 0.2) is 72.8 Å². The lowest BCUT2D eigenvalue weighted by Crippen LogP contribution is -2.53. The Bertz CT molecular complexity index is 1490. The molecule has 3 rings (SSSR count). The zero-order valence-electron chi connectivity index (χ0n) is 22.2. The van der Waals surface area contributed by atoms with Crippen LogP contribution in [0.1, 0.15) is 23.6 Å². The number of halogens is 5. The molecule has 1 N–H and O–H groups in total. The number of nitrogens with zero attached hydrogens (tertiary/aromatic N) is 2. The van der Waals surface area contributed by atoms with Crippen molar-refractivity contribution in [3.63, 3.8) is 0 Å².